The maximum Gasteiger partial charge on any atom is 0.268 e. The summed E-state index contributed by atoms with van der Waals surface area (Å²) in [4.78, 5) is 31.5. The highest BCUT2D eigenvalue weighted by Gasteiger charge is 2.31. The molecule has 2 atom stereocenters. The van der Waals surface area contributed by atoms with Gasteiger partial charge in [-0.05, 0) is 54.8 Å². The lowest BCUT2D eigenvalue weighted by molar-refractivity contribution is -0.125. The molecule has 0 unspecified atom stereocenters. The molecule has 0 fully saturated rings. The third-order valence-electron chi connectivity index (χ3n) is 5.04. The van der Waals surface area contributed by atoms with Crippen LogP contribution in [0.1, 0.15) is 31.4 Å². The summed E-state index contributed by atoms with van der Waals surface area (Å²) in [6, 6.07) is 13.0. The normalized spacial score (nSPS) is 20.4. The van der Waals surface area contributed by atoms with Crippen molar-refractivity contribution in [1.29, 1.82) is 0 Å². The number of hydrogen-bond acceptors (Lipinski definition) is 4. The van der Waals surface area contributed by atoms with Gasteiger partial charge in [-0.3, -0.25) is 9.59 Å². The lowest BCUT2D eigenvalue weighted by atomic mass is 10.0. The van der Waals surface area contributed by atoms with E-state index in [0.29, 0.717) is 17.1 Å². The van der Waals surface area contributed by atoms with Crippen molar-refractivity contribution in [3.05, 3.63) is 58.6 Å². The highest BCUT2D eigenvalue weighted by Crippen LogP contribution is 2.34. The van der Waals surface area contributed by atoms with Gasteiger partial charge in [0.1, 0.15) is 0 Å². The molecule has 6 nitrogen and oxygen atoms in total. The van der Waals surface area contributed by atoms with Crippen LogP contribution in [-0.2, 0) is 20.8 Å². The van der Waals surface area contributed by atoms with Gasteiger partial charge in [0.25, 0.3) is 5.91 Å². The van der Waals surface area contributed by atoms with Gasteiger partial charge in [-0.1, -0.05) is 28.9 Å². The highest BCUT2D eigenvalue weighted by atomic mass is 35.5. The zero-order chi connectivity index (χ0) is 19.8. The van der Waals surface area contributed by atoms with Gasteiger partial charge in [0, 0.05) is 35.8 Å². The average Bonchev–Trinajstić information content (AvgIpc) is 3.26. The number of benzene rings is 2. The van der Waals surface area contributed by atoms with Crippen molar-refractivity contribution in [2.75, 3.05) is 10.2 Å². The molecule has 2 aromatic rings. The molecule has 2 heterocycles. The molecule has 0 aliphatic carbocycles. The van der Waals surface area contributed by atoms with E-state index in [2.05, 4.69) is 10.5 Å². The van der Waals surface area contributed by atoms with E-state index in [1.54, 1.807) is 30.0 Å². The first-order valence-corrected chi connectivity index (χ1v) is 9.52. The molecule has 4 rings (SSSR count). The molecule has 7 heteroatoms. The number of anilines is 2. The van der Waals surface area contributed by atoms with Gasteiger partial charge in [-0.2, -0.15) is 0 Å². The third-order valence-corrected chi connectivity index (χ3v) is 5.29. The Morgan fingerprint density at radius 2 is 1.93 bits per heavy atom. The van der Waals surface area contributed by atoms with Crippen molar-refractivity contribution < 1.29 is 14.4 Å². The van der Waals surface area contributed by atoms with Crippen molar-refractivity contribution in [3.8, 4) is 0 Å². The van der Waals surface area contributed by atoms with Gasteiger partial charge in [0.15, 0.2) is 0 Å². The molecule has 0 spiro atoms. The summed E-state index contributed by atoms with van der Waals surface area (Å²) < 4.78 is 0. The molecule has 28 heavy (non-hydrogen) atoms. The minimum Gasteiger partial charge on any atom is -0.382 e. The highest BCUT2D eigenvalue weighted by molar-refractivity contribution is 6.30. The predicted molar refractivity (Wildman–Crippen MR) is 109 cm³/mol. The Bertz CT molecular complexity index is 971. The Kier molecular flexibility index (Phi) is 4.81. The second kappa shape index (κ2) is 7.28. The topological polar surface area (TPSA) is 71.0 Å². The fourth-order valence-electron chi connectivity index (χ4n) is 3.74. The van der Waals surface area contributed by atoms with E-state index in [1.165, 1.54) is 0 Å². The van der Waals surface area contributed by atoms with E-state index in [4.69, 9.17) is 16.4 Å². The van der Waals surface area contributed by atoms with Crippen LogP contribution in [0.3, 0.4) is 0 Å². The van der Waals surface area contributed by atoms with Gasteiger partial charge in [-0.25, -0.2) is 0 Å². The maximum absolute atomic E-state index is 12.6. The Labute approximate surface area is 168 Å². The summed E-state index contributed by atoms with van der Waals surface area (Å²) in [6.45, 7) is 3.58. The molecule has 0 aromatic heterocycles. The summed E-state index contributed by atoms with van der Waals surface area (Å²) in [7, 11) is 0. The van der Waals surface area contributed by atoms with Crippen LogP contribution < -0.4 is 10.2 Å². The van der Waals surface area contributed by atoms with Gasteiger partial charge in [-0.15, -0.1) is 0 Å². The number of nitrogens with one attached hydrogen (secondary N) is 1. The van der Waals surface area contributed by atoms with Crippen molar-refractivity contribution in [2.24, 2.45) is 5.16 Å². The number of fused-ring (bicyclic) bond motifs is 1. The summed E-state index contributed by atoms with van der Waals surface area (Å²) in [5.74, 6) is -0.226. The summed E-state index contributed by atoms with van der Waals surface area (Å²) in [5.41, 5.74) is 4.24. The molecular formula is C21H20ClN3O3. The molecule has 144 valence electrons. The summed E-state index contributed by atoms with van der Waals surface area (Å²) in [6.07, 6.45) is 0.488. The van der Waals surface area contributed by atoms with E-state index in [9.17, 15) is 9.59 Å². The molecular weight excluding hydrogens is 378 g/mol. The Balaban J connectivity index is 1.42. The minimum atomic E-state index is -0.674. The zero-order valence-corrected chi connectivity index (χ0v) is 16.4. The lowest BCUT2D eigenvalue weighted by Gasteiger charge is -2.20. The minimum absolute atomic E-state index is 0.0225. The van der Waals surface area contributed by atoms with E-state index in [0.717, 1.165) is 28.9 Å². The first-order chi connectivity index (χ1) is 13.4. The Hall–Kier alpha value is -2.86. The van der Waals surface area contributed by atoms with Crippen molar-refractivity contribution in [1.82, 2.24) is 0 Å². The van der Waals surface area contributed by atoms with Crippen LogP contribution >= 0.6 is 11.6 Å². The summed E-state index contributed by atoms with van der Waals surface area (Å²) >= 11 is 5.91. The number of oxime groups is 1. The Morgan fingerprint density at radius 1 is 1.18 bits per heavy atom. The number of hydrogen-bond donors (Lipinski definition) is 1. The van der Waals surface area contributed by atoms with E-state index in [-0.39, 0.29) is 17.9 Å². The summed E-state index contributed by atoms with van der Waals surface area (Å²) in [5, 5.41) is 7.58. The molecule has 0 saturated heterocycles. The third kappa shape index (κ3) is 3.47. The predicted octanol–water partition coefficient (Wildman–Crippen LogP) is 3.77. The number of nitrogens with zero attached hydrogens (tertiary/aromatic N) is 2. The van der Waals surface area contributed by atoms with Crippen molar-refractivity contribution >= 4 is 40.5 Å². The first-order valence-electron chi connectivity index (χ1n) is 9.14. The number of carbonyl (C=O) groups is 2. The molecule has 1 N–H and O–H groups in total. The molecule has 0 bridgehead atoms. The van der Waals surface area contributed by atoms with E-state index in [1.807, 2.05) is 31.2 Å². The van der Waals surface area contributed by atoms with Gasteiger partial charge < -0.3 is 15.1 Å². The van der Waals surface area contributed by atoms with Gasteiger partial charge in [0.2, 0.25) is 12.0 Å². The van der Waals surface area contributed by atoms with E-state index >= 15 is 0 Å². The average molecular weight is 398 g/mol. The van der Waals surface area contributed by atoms with Crippen LogP contribution in [0.4, 0.5) is 11.4 Å². The number of halogens is 1. The van der Waals surface area contributed by atoms with Gasteiger partial charge in [0.05, 0.1) is 5.71 Å². The van der Waals surface area contributed by atoms with Crippen LogP contribution in [0.2, 0.25) is 5.02 Å². The van der Waals surface area contributed by atoms with Crippen LogP contribution in [0, 0.1) is 0 Å². The quantitative estimate of drug-likeness (QED) is 0.856. The zero-order valence-electron chi connectivity index (χ0n) is 15.6. The van der Waals surface area contributed by atoms with E-state index < -0.39 is 6.10 Å². The second-order valence-corrected chi connectivity index (χ2v) is 7.55. The standard InChI is InChI=1S/C21H20ClN3O3/c1-12-9-15-10-17(7-8-19(15)25(12)13(2)26)23-21(27)20-11-18(24-28-20)14-3-5-16(22)6-4-14/h3-8,10,12,20H,9,11H2,1-2H3,(H,23,27)/t12-,20-/m1/s1. The fourth-order valence-corrected chi connectivity index (χ4v) is 3.87. The first kappa shape index (κ1) is 18.5. The van der Waals surface area contributed by atoms with Crippen LogP contribution in [0.25, 0.3) is 0 Å². The van der Waals surface area contributed by atoms with Gasteiger partial charge >= 0.3 is 0 Å². The largest absolute Gasteiger partial charge is 0.382 e. The van der Waals surface area contributed by atoms with Crippen LogP contribution in [0.15, 0.2) is 47.6 Å². The fraction of sp³-hybridized carbons (Fsp3) is 0.286. The molecule has 2 aliphatic rings. The van der Waals surface area contributed by atoms with Crippen LogP contribution in [-0.4, -0.2) is 29.7 Å². The molecule has 2 aliphatic heterocycles. The van der Waals surface area contributed by atoms with Crippen molar-refractivity contribution in [3.63, 3.8) is 0 Å². The monoisotopic (exact) mass is 397 g/mol. The number of rotatable bonds is 3. The van der Waals surface area contributed by atoms with Crippen LogP contribution in [0.5, 0.6) is 0 Å². The van der Waals surface area contributed by atoms with Crippen molar-refractivity contribution in [2.45, 2.75) is 38.8 Å². The molecule has 0 saturated carbocycles. The SMILES string of the molecule is CC(=O)N1c2ccc(NC(=O)[C@H]3CC(c4ccc(Cl)cc4)=NO3)cc2C[C@H]1C. The molecule has 2 amide bonds. The second-order valence-electron chi connectivity index (χ2n) is 7.12. The maximum atomic E-state index is 12.6. The molecule has 0 radical (unpaired) electrons. The Morgan fingerprint density at radius 3 is 2.64 bits per heavy atom. The number of carbonyl (C=O) groups excluding carboxylic acids is 2. The lowest BCUT2D eigenvalue weighted by Crippen LogP contribution is -2.33. The smallest absolute Gasteiger partial charge is 0.268 e. The number of amides is 2. The molecule has 2 aromatic carbocycles.